The summed E-state index contributed by atoms with van der Waals surface area (Å²) in [4.78, 5) is 22.9. The molecular weight excluding hydrogens is 304 g/mol. The molecule has 5 heteroatoms. The molecule has 2 amide bonds. The normalized spacial score (nSPS) is 21.1. The van der Waals surface area contributed by atoms with Crippen LogP contribution in [0.15, 0.2) is 24.3 Å². The summed E-state index contributed by atoms with van der Waals surface area (Å²) < 4.78 is 0. The van der Waals surface area contributed by atoms with Crippen LogP contribution in [-0.2, 0) is 16.8 Å². The Labute approximate surface area is 143 Å². The second-order valence-corrected chi connectivity index (χ2v) is 7.66. The molecule has 0 heterocycles. The number of hydrogen-bond acceptors (Lipinski definition) is 2. The van der Waals surface area contributed by atoms with Crippen molar-refractivity contribution < 1.29 is 14.7 Å². The zero-order valence-corrected chi connectivity index (χ0v) is 14.8. The molecule has 1 aliphatic rings. The number of rotatable bonds is 4. The Balaban J connectivity index is 1.75. The quantitative estimate of drug-likeness (QED) is 0.790. The molecule has 3 N–H and O–H groups in total. The van der Waals surface area contributed by atoms with Crippen LogP contribution in [0.25, 0.3) is 0 Å². The SMILES string of the molecule is CC(C)(C)c1ccc(CNC(=O)NC2CCC(C(=O)O)CC2)cc1. The van der Waals surface area contributed by atoms with E-state index in [0.29, 0.717) is 19.4 Å². The Kier molecular flexibility index (Phi) is 5.86. The zero-order chi connectivity index (χ0) is 17.7. The predicted octanol–water partition coefficient (Wildman–Crippen LogP) is 3.43. The first-order valence-electron chi connectivity index (χ1n) is 8.62. The van der Waals surface area contributed by atoms with Gasteiger partial charge in [0.25, 0.3) is 0 Å². The van der Waals surface area contributed by atoms with Crippen LogP contribution < -0.4 is 10.6 Å². The van der Waals surface area contributed by atoms with Crippen LogP contribution in [0.1, 0.15) is 57.6 Å². The minimum atomic E-state index is -0.725. The molecule has 1 fully saturated rings. The van der Waals surface area contributed by atoms with E-state index in [1.54, 1.807) is 0 Å². The monoisotopic (exact) mass is 332 g/mol. The molecule has 0 aliphatic heterocycles. The van der Waals surface area contributed by atoms with E-state index < -0.39 is 5.97 Å². The van der Waals surface area contributed by atoms with Crippen LogP contribution in [-0.4, -0.2) is 23.1 Å². The van der Waals surface area contributed by atoms with Crippen molar-refractivity contribution >= 4 is 12.0 Å². The van der Waals surface area contributed by atoms with E-state index in [9.17, 15) is 9.59 Å². The van der Waals surface area contributed by atoms with Crippen molar-refractivity contribution in [2.75, 3.05) is 0 Å². The van der Waals surface area contributed by atoms with Crippen LogP contribution in [0.4, 0.5) is 4.79 Å². The molecule has 0 unspecified atom stereocenters. The summed E-state index contributed by atoms with van der Waals surface area (Å²) in [7, 11) is 0. The fourth-order valence-electron chi connectivity index (χ4n) is 3.03. The van der Waals surface area contributed by atoms with Crippen molar-refractivity contribution in [3.05, 3.63) is 35.4 Å². The third-order valence-electron chi connectivity index (χ3n) is 4.68. The van der Waals surface area contributed by atoms with Crippen molar-refractivity contribution in [3.8, 4) is 0 Å². The lowest BCUT2D eigenvalue weighted by atomic mass is 9.86. The molecule has 5 nitrogen and oxygen atoms in total. The summed E-state index contributed by atoms with van der Waals surface area (Å²) in [5, 5.41) is 14.8. The maximum absolute atomic E-state index is 12.0. The van der Waals surface area contributed by atoms with Gasteiger partial charge < -0.3 is 15.7 Å². The van der Waals surface area contributed by atoms with Crippen LogP contribution in [0.5, 0.6) is 0 Å². The number of nitrogens with one attached hydrogen (secondary N) is 2. The smallest absolute Gasteiger partial charge is 0.315 e. The summed E-state index contributed by atoms with van der Waals surface area (Å²) in [5.74, 6) is -0.982. The Bertz CT molecular complexity index is 567. The van der Waals surface area contributed by atoms with Gasteiger partial charge in [-0.15, -0.1) is 0 Å². The maximum Gasteiger partial charge on any atom is 0.315 e. The molecule has 24 heavy (non-hydrogen) atoms. The summed E-state index contributed by atoms with van der Waals surface area (Å²) in [5.41, 5.74) is 2.46. The van der Waals surface area contributed by atoms with E-state index >= 15 is 0 Å². The summed E-state index contributed by atoms with van der Waals surface area (Å²) in [6, 6.07) is 8.17. The van der Waals surface area contributed by atoms with Gasteiger partial charge in [0.15, 0.2) is 0 Å². The van der Waals surface area contributed by atoms with Gasteiger partial charge in [-0.25, -0.2) is 4.79 Å². The molecule has 0 aromatic heterocycles. The average molecular weight is 332 g/mol. The molecule has 2 rings (SSSR count). The second-order valence-electron chi connectivity index (χ2n) is 7.66. The van der Waals surface area contributed by atoms with Gasteiger partial charge in [-0.3, -0.25) is 4.79 Å². The van der Waals surface area contributed by atoms with Gasteiger partial charge in [-0.2, -0.15) is 0 Å². The maximum atomic E-state index is 12.0. The number of carbonyl (C=O) groups is 2. The third kappa shape index (κ3) is 5.25. The molecule has 0 saturated heterocycles. The van der Waals surface area contributed by atoms with E-state index in [4.69, 9.17) is 5.11 Å². The lowest BCUT2D eigenvalue weighted by molar-refractivity contribution is -0.142. The number of carboxylic acid groups (broad SMARTS) is 1. The molecule has 0 spiro atoms. The van der Waals surface area contributed by atoms with Crippen LogP contribution in [0.2, 0.25) is 0 Å². The Morgan fingerprint density at radius 3 is 2.17 bits per heavy atom. The summed E-state index contributed by atoms with van der Waals surface area (Å²) >= 11 is 0. The van der Waals surface area contributed by atoms with Gasteiger partial charge in [0, 0.05) is 12.6 Å². The first-order valence-corrected chi connectivity index (χ1v) is 8.62. The fraction of sp³-hybridized carbons (Fsp3) is 0.579. The first kappa shape index (κ1) is 18.3. The highest BCUT2D eigenvalue weighted by molar-refractivity contribution is 5.74. The highest BCUT2D eigenvalue weighted by atomic mass is 16.4. The van der Waals surface area contributed by atoms with Gasteiger partial charge in [-0.1, -0.05) is 45.0 Å². The summed E-state index contributed by atoms with van der Waals surface area (Å²) in [6.07, 6.45) is 2.72. The Morgan fingerprint density at radius 2 is 1.67 bits per heavy atom. The van der Waals surface area contributed by atoms with Crippen molar-refractivity contribution in [2.24, 2.45) is 5.92 Å². The molecule has 1 aromatic carbocycles. The van der Waals surface area contributed by atoms with Gasteiger partial charge in [-0.05, 0) is 42.2 Å². The van der Waals surface area contributed by atoms with Crippen molar-refractivity contribution in [3.63, 3.8) is 0 Å². The van der Waals surface area contributed by atoms with Crippen molar-refractivity contribution in [1.29, 1.82) is 0 Å². The number of carbonyl (C=O) groups excluding carboxylic acids is 1. The van der Waals surface area contributed by atoms with E-state index in [2.05, 4.69) is 43.5 Å². The van der Waals surface area contributed by atoms with Crippen LogP contribution in [0.3, 0.4) is 0 Å². The average Bonchev–Trinajstić information content (AvgIpc) is 2.53. The molecule has 1 aromatic rings. The van der Waals surface area contributed by atoms with Gasteiger partial charge in [0.05, 0.1) is 5.92 Å². The van der Waals surface area contributed by atoms with Gasteiger partial charge in [0.2, 0.25) is 0 Å². The minimum absolute atomic E-state index is 0.0730. The van der Waals surface area contributed by atoms with Crippen molar-refractivity contribution in [1.82, 2.24) is 10.6 Å². The van der Waals surface area contributed by atoms with E-state index in [0.717, 1.165) is 18.4 Å². The van der Waals surface area contributed by atoms with Crippen LogP contribution >= 0.6 is 0 Å². The fourth-order valence-corrected chi connectivity index (χ4v) is 3.03. The second kappa shape index (κ2) is 7.69. The lowest BCUT2D eigenvalue weighted by Crippen LogP contribution is -2.43. The van der Waals surface area contributed by atoms with Gasteiger partial charge in [0.1, 0.15) is 0 Å². The number of hydrogen-bond donors (Lipinski definition) is 3. The first-order chi connectivity index (χ1) is 11.3. The molecule has 1 aliphatic carbocycles. The highest BCUT2D eigenvalue weighted by Gasteiger charge is 2.26. The standard InChI is InChI=1S/C19H28N2O3/c1-19(2,3)15-8-4-13(5-9-15)12-20-18(24)21-16-10-6-14(7-11-16)17(22)23/h4-5,8-9,14,16H,6-7,10-12H2,1-3H3,(H,22,23)(H2,20,21,24). The Hall–Kier alpha value is -2.04. The number of urea groups is 1. The van der Waals surface area contributed by atoms with Crippen LogP contribution in [0, 0.1) is 5.92 Å². The lowest BCUT2D eigenvalue weighted by Gasteiger charge is -2.26. The van der Waals surface area contributed by atoms with E-state index in [1.807, 2.05) is 12.1 Å². The third-order valence-corrected chi connectivity index (χ3v) is 4.68. The largest absolute Gasteiger partial charge is 0.481 e. The number of amides is 2. The molecular formula is C19H28N2O3. The Morgan fingerprint density at radius 1 is 1.08 bits per heavy atom. The van der Waals surface area contributed by atoms with E-state index in [-0.39, 0.29) is 23.4 Å². The molecule has 0 radical (unpaired) electrons. The number of carboxylic acids is 1. The predicted molar refractivity (Wildman–Crippen MR) is 93.9 cm³/mol. The highest BCUT2D eigenvalue weighted by Crippen LogP contribution is 2.24. The van der Waals surface area contributed by atoms with Crippen molar-refractivity contribution in [2.45, 2.75) is 64.5 Å². The topological polar surface area (TPSA) is 78.4 Å². The molecule has 132 valence electrons. The van der Waals surface area contributed by atoms with Gasteiger partial charge >= 0.3 is 12.0 Å². The summed E-state index contributed by atoms with van der Waals surface area (Å²) in [6.45, 7) is 7.01. The molecule has 0 bridgehead atoms. The number of aliphatic carboxylic acids is 1. The molecule has 1 saturated carbocycles. The molecule has 0 atom stereocenters. The minimum Gasteiger partial charge on any atom is -0.481 e. The van der Waals surface area contributed by atoms with E-state index in [1.165, 1.54) is 5.56 Å². The number of benzene rings is 1. The zero-order valence-electron chi connectivity index (χ0n) is 14.8.